The normalized spacial score (nSPS) is 19.0. The minimum absolute atomic E-state index is 0.306. The molecule has 2 heteroatoms. The van der Waals surface area contributed by atoms with Gasteiger partial charge >= 0.3 is 0 Å². The molecule has 1 N–H and O–H groups in total. The van der Waals surface area contributed by atoms with Gasteiger partial charge in [-0.05, 0) is 44.5 Å². The Morgan fingerprint density at radius 2 is 1.67 bits per heavy atom. The predicted molar refractivity (Wildman–Crippen MR) is 91.6 cm³/mol. The van der Waals surface area contributed by atoms with Crippen LogP contribution in [0, 0.1) is 0 Å². The van der Waals surface area contributed by atoms with Gasteiger partial charge in [-0.25, -0.2) is 0 Å². The molecule has 0 saturated heterocycles. The number of hydrogen-bond acceptors (Lipinski definition) is 2. The van der Waals surface area contributed by atoms with E-state index in [1.165, 1.54) is 37.7 Å². The zero-order valence-electron chi connectivity index (χ0n) is 14.1. The summed E-state index contributed by atoms with van der Waals surface area (Å²) in [6, 6.07) is 11.6. The molecule has 118 valence electrons. The lowest BCUT2D eigenvalue weighted by Crippen LogP contribution is -2.55. The maximum atomic E-state index is 3.88. The van der Waals surface area contributed by atoms with E-state index in [-0.39, 0.29) is 0 Å². The summed E-state index contributed by atoms with van der Waals surface area (Å²) in [5.41, 5.74) is 1.76. The molecule has 1 aliphatic rings. The van der Waals surface area contributed by atoms with Crippen molar-refractivity contribution in [2.75, 3.05) is 19.6 Å². The van der Waals surface area contributed by atoms with Crippen molar-refractivity contribution in [3.8, 4) is 0 Å². The number of rotatable bonds is 8. The molecule has 1 saturated carbocycles. The fraction of sp³-hybridized carbons (Fsp3) is 0.684. The second-order valence-corrected chi connectivity index (χ2v) is 6.28. The lowest BCUT2D eigenvalue weighted by molar-refractivity contribution is 0.0626. The van der Waals surface area contributed by atoms with E-state index in [9.17, 15) is 0 Å². The highest BCUT2D eigenvalue weighted by Crippen LogP contribution is 2.44. The molecule has 0 aromatic heterocycles. The van der Waals surface area contributed by atoms with Crippen LogP contribution in [0.15, 0.2) is 30.3 Å². The second-order valence-electron chi connectivity index (χ2n) is 6.28. The molecule has 2 nitrogen and oxygen atoms in total. The van der Waals surface area contributed by atoms with E-state index in [2.05, 4.69) is 61.3 Å². The summed E-state index contributed by atoms with van der Waals surface area (Å²) in [4.78, 5) is 2.71. The Labute approximate surface area is 130 Å². The van der Waals surface area contributed by atoms with Crippen molar-refractivity contribution in [1.82, 2.24) is 10.2 Å². The van der Waals surface area contributed by atoms with Crippen molar-refractivity contribution < 1.29 is 0 Å². The lowest BCUT2D eigenvalue weighted by atomic mass is 9.81. The molecule has 1 aliphatic carbocycles. The Hall–Kier alpha value is -0.860. The van der Waals surface area contributed by atoms with Gasteiger partial charge in [0.2, 0.25) is 0 Å². The van der Waals surface area contributed by atoms with Crippen LogP contribution in [0.4, 0.5) is 0 Å². The molecule has 0 radical (unpaired) electrons. The average Bonchev–Trinajstić information content (AvgIpc) is 3.00. The first-order chi connectivity index (χ1) is 10.3. The van der Waals surface area contributed by atoms with Gasteiger partial charge in [-0.1, -0.05) is 63.9 Å². The van der Waals surface area contributed by atoms with Gasteiger partial charge in [0.15, 0.2) is 0 Å². The molecule has 1 unspecified atom stereocenters. The van der Waals surface area contributed by atoms with E-state index in [4.69, 9.17) is 0 Å². The molecule has 2 rings (SSSR count). The van der Waals surface area contributed by atoms with Gasteiger partial charge in [0.05, 0.1) is 6.04 Å². The third kappa shape index (κ3) is 3.49. The SMILES string of the molecule is CCCNC(c1ccccc1)C1(N(CC)CC)CCCC1. The number of nitrogens with one attached hydrogen (secondary N) is 1. The zero-order valence-corrected chi connectivity index (χ0v) is 14.1. The Kier molecular flexibility index (Phi) is 6.25. The quantitative estimate of drug-likeness (QED) is 0.763. The van der Waals surface area contributed by atoms with Crippen molar-refractivity contribution in [2.24, 2.45) is 0 Å². The summed E-state index contributed by atoms with van der Waals surface area (Å²) < 4.78 is 0. The van der Waals surface area contributed by atoms with Crippen molar-refractivity contribution in [2.45, 2.75) is 64.5 Å². The van der Waals surface area contributed by atoms with Gasteiger partial charge in [0, 0.05) is 5.54 Å². The Morgan fingerprint density at radius 3 is 2.19 bits per heavy atom. The van der Waals surface area contributed by atoms with E-state index in [0.717, 1.165) is 19.6 Å². The number of benzene rings is 1. The summed E-state index contributed by atoms with van der Waals surface area (Å²) in [7, 11) is 0. The molecule has 0 bridgehead atoms. The highest BCUT2D eigenvalue weighted by atomic mass is 15.2. The molecule has 0 amide bonds. The average molecular weight is 288 g/mol. The monoisotopic (exact) mass is 288 g/mol. The second kappa shape index (κ2) is 7.95. The summed E-state index contributed by atoms with van der Waals surface area (Å²) >= 11 is 0. The van der Waals surface area contributed by atoms with Crippen LogP contribution in [0.5, 0.6) is 0 Å². The molecular formula is C19H32N2. The largest absolute Gasteiger partial charge is 0.308 e. The lowest BCUT2D eigenvalue weighted by Gasteiger charge is -2.47. The Balaban J connectivity index is 2.35. The number of nitrogens with zero attached hydrogens (tertiary/aromatic N) is 1. The molecule has 0 aliphatic heterocycles. The summed E-state index contributed by atoms with van der Waals surface area (Å²) in [5.74, 6) is 0. The first-order valence-electron chi connectivity index (χ1n) is 8.81. The molecule has 1 aromatic carbocycles. The summed E-state index contributed by atoms with van der Waals surface area (Å²) in [5, 5.41) is 3.88. The van der Waals surface area contributed by atoms with Gasteiger partial charge in [-0.2, -0.15) is 0 Å². The van der Waals surface area contributed by atoms with Crippen LogP contribution in [0.1, 0.15) is 64.5 Å². The van der Waals surface area contributed by atoms with Gasteiger partial charge in [-0.3, -0.25) is 4.90 Å². The molecule has 0 spiro atoms. The summed E-state index contributed by atoms with van der Waals surface area (Å²) in [6.45, 7) is 10.3. The smallest absolute Gasteiger partial charge is 0.0507 e. The molecule has 21 heavy (non-hydrogen) atoms. The van der Waals surface area contributed by atoms with Crippen LogP contribution in [-0.4, -0.2) is 30.1 Å². The third-order valence-corrected chi connectivity index (χ3v) is 5.13. The molecule has 1 aromatic rings. The van der Waals surface area contributed by atoms with E-state index in [1.54, 1.807) is 0 Å². The Morgan fingerprint density at radius 1 is 1.05 bits per heavy atom. The van der Waals surface area contributed by atoms with Gasteiger partial charge in [-0.15, -0.1) is 0 Å². The van der Waals surface area contributed by atoms with Gasteiger partial charge in [0.25, 0.3) is 0 Å². The van der Waals surface area contributed by atoms with Gasteiger partial charge in [0.1, 0.15) is 0 Å². The van der Waals surface area contributed by atoms with Crippen LogP contribution in [0.25, 0.3) is 0 Å². The molecule has 1 fully saturated rings. The third-order valence-electron chi connectivity index (χ3n) is 5.13. The predicted octanol–water partition coefficient (Wildman–Crippen LogP) is 4.38. The minimum Gasteiger partial charge on any atom is -0.308 e. The van der Waals surface area contributed by atoms with E-state index >= 15 is 0 Å². The maximum absolute atomic E-state index is 3.88. The first-order valence-corrected chi connectivity index (χ1v) is 8.81. The van der Waals surface area contributed by atoms with E-state index in [1.807, 2.05) is 0 Å². The van der Waals surface area contributed by atoms with Crippen molar-refractivity contribution in [3.05, 3.63) is 35.9 Å². The highest BCUT2D eigenvalue weighted by Gasteiger charge is 2.45. The minimum atomic E-state index is 0.306. The topological polar surface area (TPSA) is 15.3 Å². The van der Waals surface area contributed by atoms with Crippen LogP contribution in [0.3, 0.4) is 0 Å². The molecule has 0 heterocycles. The van der Waals surface area contributed by atoms with Crippen LogP contribution in [-0.2, 0) is 0 Å². The van der Waals surface area contributed by atoms with E-state index in [0.29, 0.717) is 11.6 Å². The molecule has 1 atom stereocenters. The first kappa shape index (κ1) is 16.5. The van der Waals surface area contributed by atoms with Crippen LogP contribution in [0.2, 0.25) is 0 Å². The number of hydrogen-bond donors (Lipinski definition) is 1. The maximum Gasteiger partial charge on any atom is 0.0507 e. The standard InChI is InChI=1S/C19H32N2/c1-4-16-20-18(17-12-8-7-9-13-17)19(14-10-11-15-19)21(5-2)6-3/h7-9,12-13,18,20H,4-6,10-11,14-16H2,1-3H3. The van der Waals surface area contributed by atoms with E-state index < -0.39 is 0 Å². The zero-order chi connectivity index (χ0) is 15.1. The summed E-state index contributed by atoms with van der Waals surface area (Å²) in [6.07, 6.45) is 6.58. The number of likely N-dealkylation sites (N-methyl/N-ethyl adjacent to an activating group) is 1. The van der Waals surface area contributed by atoms with Gasteiger partial charge < -0.3 is 5.32 Å². The van der Waals surface area contributed by atoms with Crippen LogP contribution >= 0.6 is 0 Å². The van der Waals surface area contributed by atoms with Crippen LogP contribution < -0.4 is 5.32 Å². The molecular weight excluding hydrogens is 256 g/mol. The fourth-order valence-electron chi connectivity index (χ4n) is 4.18. The Bertz CT molecular complexity index is 391. The highest BCUT2D eigenvalue weighted by molar-refractivity contribution is 5.24. The van der Waals surface area contributed by atoms with Crippen molar-refractivity contribution in [3.63, 3.8) is 0 Å². The van der Waals surface area contributed by atoms with Crippen molar-refractivity contribution >= 4 is 0 Å². The fourth-order valence-corrected chi connectivity index (χ4v) is 4.18. The van der Waals surface area contributed by atoms with Crippen molar-refractivity contribution in [1.29, 1.82) is 0 Å².